The van der Waals surface area contributed by atoms with Gasteiger partial charge in [0.25, 0.3) is 0 Å². The lowest BCUT2D eigenvalue weighted by Crippen LogP contribution is -2.36. The predicted molar refractivity (Wildman–Crippen MR) is 109 cm³/mol. The molecular formula is C21H30N4O. The van der Waals surface area contributed by atoms with E-state index in [1.807, 2.05) is 44.4 Å². The van der Waals surface area contributed by atoms with Crippen molar-refractivity contribution in [1.82, 2.24) is 15.5 Å². The quantitative estimate of drug-likeness (QED) is 0.537. The lowest BCUT2D eigenvalue weighted by molar-refractivity contribution is 0.261. The van der Waals surface area contributed by atoms with Crippen molar-refractivity contribution in [3.05, 3.63) is 65.7 Å². The summed E-state index contributed by atoms with van der Waals surface area (Å²) >= 11 is 0. The summed E-state index contributed by atoms with van der Waals surface area (Å²) in [6.07, 6.45) is 0. The minimum Gasteiger partial charge on any atom is -0.492 e. The van der Waals surface area contributed by atoms with E-state index in [9.17, 15) is 0 Å². The first-order chi connectivity index (χ1) is 12.7. The van der Waals surface area contributed by atoms with Crippen LogP contribution in [0.4, 0.5) is 0 Å². The Kier molecular flexibility index (Phi) is 8.49. The molecule has 0 radical (unpaired) electrons. The van der Waals surface area contributed by atoms with Gasteiger partial charge in [-0.15, -0.1) is 0 Å². The van der Waals surface area contributed by atoms with E-state index >= 15 is 0 Å². The molecule has 2 aromatic rings. The van der Waals surface area contributed by atoms with E-state index in [1.165, 1.54) is 5.56 Å². The van der Waals surface area contributed by atoms with Gasteiger partial charge in [-0.2, -0.15) is 0 Å². The lowest BCUT2D eigenvalue weighted by Gasteiger charge is -2.12. The predicted octanol–water partition coefficient (Wildman–Crippen LogP) is 2.88. The fourth-order valence-electron chi connectivity index (χ4n) is 2.37. The molecule has 0 heterocycles. The molecule has 26 heavy (non-hydrogen) atoms. The van der Waals surface area contributed by atoms with Gasteiger partial charge in [0.15, 0.2) is 5.96 Å². The third kappa shape index (κ3) is 7.57. The van der Waals surface area contributed by atoms with Crippen molar-refractivity contribution in [3.8, 4) is 5.75 Å². The second-order valence-electron chi connectivity index (χ2n) is 6.33. The summed E-state index contributed by atoms with van der Waals surface area (Å²) in [7, 11) is 4.08. The number of hydrogen-bond acceptors (Lipinski definition) is 3. The Hall–Kier alpha value is -2.53. The fraction of sp³-hybridized carbons (Fsp3) is 0.381. The molecule has 0 amide bonds. The van der Waals surface area contributed by atoms with Crippen LogP contribution in [0.1, 0.15) is 18.1 Å². The summed E-state index contributed by atoms with van der Waals surface area (Å²) in [4.78, 5) is 6.79. The Labute approximate surface area is 157 Å². The molecule has 2 rings (SSSR count). The third-order valence-electron chi connectivity index (χ3n) is 3.77. The molecule has 0 aliphatic heterocycles. The van der Waals surface area contributed by atoms with Gasteiger partial charge in [-0.1, -0.05) is 42.5 Å². The molecule has 5 nitrogen and oxygen atoms in total. The number of hydrogen-bond donors (Lipinski definition) is 2. The van der Waals surface area contributed by atoms with E-state index in [2.05, 4.69) is 51.7 Å². The van der Waals surface area contributed by atoms with Crippen LogP contribution in [0.15, 0.2) is 59.6 Å². The number of aliphatic imine (C=N–C) groups is 1. The summed E-state index contributed by atoms with van der Waals surface area (Å²) in [5, 5.41) is 6.66. The van der Waals surface area contributed by atoms with Crippen LogP contribution in [0, 0.1) is 0 Å². The molecule has 5 heteroatoms. The first kappa shape index (κ1) is 19.8. The second-order valence-corrected chi connectivity index (χ2v) is 6.33. The topological polar surface area (TPSA) is 48.9 Å². The van der Waals surface area contributed by atoms with E-state index in [-0.39, 0.29) is 0 Å². The molecule has 0 saturated heterocycles. The number of benzene rings is 2. The third-order valence-corrected chi connectivity index (χ3v) is 3.77. The molecule has 0 atom stereocenters. The SMILES string of the molecule is CCNC(=NCc1cccc(OCCN(C)C)c1)NCc1ccccc1. The molecule has 0 aliphatic carbocycles. The molecule has 0 spiro atoms. The monoisotopic (exact) mass is 354 g/mol. The van der Waals surface area contributed by atoms with Crippen LogP contribution in [0.2, 0.25) is 0 Å². The van der Waals surface area contributed by atoms with Gasteiger partial charge in [0.2, 0.25) is 0 Å². The van der Waals surface area contributed by atoms with Crippen molar-refractivity contribution in [2.45, 2.75) is 20.0 Å². The molecule has 0 aliphatic rings. The number of nitrogens with zero attached hydrogens (tertiary/aromatic N) is 2. The lowest BCUT2D eigenvalue weighted by atomic mass is 10.2. The Bertz CT molecular complexity index is 671. The van der Waals surface area contributed by atoms with E-state index in [0.717, 1.165) is 36.9 Å². The highest BCUT2D eigenvalue weighted by molar-refractivity contribution is 5.79. The first-order valence-corrected chi connectivity index (χ1v) is 9.10. The molecule has 2 aromatic carbocycles. The zero-order valence-electron chi connectivity index (χ0n) is 16.0. The van der Waals surface area contributed by atoms with Gasteiger partial charge in [-0.05, 0) is 44.3 Å². The van der Waals surface area contributed by atoms with Crippen LogP contribution in [0.25, 0.3) is 0 Å². The summed E-state index contributed by atoms with van der Waals surface area (Å²) in [6, 6.07) is 18.4. The molecule has 0 saturated carbocycles. The molecule has 0 aromatic heterocycles. The van der Waals surface area contributed by atoms with Crippen LogP contribution in [-0.4, -0.2) is 44.7 Å². The molecular weight excluding hydrogens is 324 g/mol. The van der Waals surface area contributed by atoms with Gasteiger partial charge >= 0.3 is 0 Å². The van der Waals surface area contributed by atoms with Crippen LogP contribution in [0.5, 0.6) is 5.75 Å². The standard InChI is InChI=1S/C21H30N4O/c1-4-22-21(23-16-18-9-6-5-7-10-18)24-17-19-11-8-12-20(15-19)26-14-13-25(2)3/h5-12,15H,4,13-14,16-17H2,1-3H3,(H2,22,23,24). The van der Waals surface area contributed by atoms with Gasteiger partial charge < -0.3 is 20.3 Å². The number of guanidine groups is 1. The Morgan fingerprint density at radius 3 is 2.50 bits per heavy atom. The summed E-state index contributed by atoms with van der Waals surface area (Å²) in [5.41, 5.74) is 2.36. The average molecular weight is 354 g/mol. The summed E-state index contributed by atoms with van der Waals surface area (Å²) in [6.45, 7) is 5.83. The number of nitrogens with one attached hydrogen (secondary N) is 2. The van der Waals surface area contributed by atoms with Gasteiger partial charge in [0.05, 0.1) is 6.54 Å². The van der Waals surface area contributed by atoms with Gasteiger partial charge in [0, 0.05) is 19.6 Å². The van der Waals surface area contributed by atoms with Crippen molar-refractivity contribution in [2.75, 3.05) is 33.8 Å². The Morgan fingerprint density at radius 2 is 1.77 bits per heavy atom. The van der Waals surface area contributed by atoms with Crippen molar-refractivity contribution < 1.29 is 4.74 Å². The van der Waals surface area contributed by atoms with Gasteiger partial charge in [-0.25, -0.2) is 4.99 Å². The maximum Gasteiger partial charge on any atom is 0.191 e. The molecule has 0 fully saturated rings. The zero-order chi connectivity index (χ0) is 18.6. The minimum atomic E-state index is 0.606. The molecule has 2 N–H and O–H groups in total. The van der Waals surface area contributed by atoms with E-state index < -0.39 is 0 Å². The van der Waals surface area contributed by atoms with Crippen LogP contribution >= 0.6 is 0 Å². The Balaban J connectivity index is 1.91. The van der Waals surface area contributed by atoms with Crippen molar-refractivity contribution >= 4 is 5.96 Å². The van der Waals surface area contributed by atoms with Crippen molar-refractivity contribution in [2.24, 2.45) is 4.99 Å². The number of likely N-dealkylation sites (N-methyl/N-ethyl adjacent to an activating group) is 1. The maximum atomic E-state index is 5.80. The summed E-state index contributed by atoms with van der Waals surface area (Å²) < 4.78 is 5.80. The number of rotatable bonds is 9. The van der Waals surface area contributed by atoms with Crippen molar-refractivity contribution in [1.29, 1.82) is 0 Å². The van der Waals surface area contributed by atoms with Crippen molar-refractivity contribution in [3.63, 3.8) is 0 Å². The van der Waals surface area contributed by atoms with E-state index in [0.29, 0.717) is 13.2 Å². The van der Waals surface area contributed by atoms with E-state index in [1.54, 1.807) is 0 Å². The highest BCUT2D eigenvalue weighted by Crippen LogP contribution is 2.14. The van der Waals surface area contributed by atoms with Crippen LogP contribution in [0.3, 0.4) is 0 Å². The first-order valence-electron chi connectivity index (χ1n) is 9.10. The molecule has 0 bridgehead atoms. The number of ether oxygens (including phenoxy) is 1. The smallest absolute Gasteiger partial charge is 0.191 e. The minimum absolute atomic E-state index is 0.606. The van der Waals surface area contributed by atoms with Crippen LogP contribution in [-0.2, 0) is 13.1 Å². The van der Waals surface area contributed by atoms with Gasteiger partial charge in [0.1, 0.15) is 12.4 Å². The fourth-order valence-corrected chi connectivity index (χ4v) is 2.37. The summed E-state index contributed by atoms with van der Waals surface area (Å²) in [5.74, 6) is 1.71. The van der Waals surface area contributed by atoms with E-state index in [4.69, 9.17) is 4.74 Å². The average Bonchev–Trinajstić information content (AvgIpc) is 2.65. The normalized spacial score (nSPS) is 11.5. The zero-order valence-corrected chi connectivity index (χ0v) is 16.0. The molecule has 0 unspecified atom stereocenters. The highest BCUT2D eigenvalue weighted by Gasteiger charge is 2.00. The maximum absolute atomic E-state index is 5.80. The second kappa shape index (κ2) is 11.2. The van der Waals surface area contributed by atoms with Gasteiger partial charge in [-0.3, -0.25) is 0 Å². The Morgan fingerprint density at radius 1 is 1.00 bits per heavy atom. The largest absolute Gasteiger partial charge is 0.492 e. The van der Waals surface area contributed by atoms with Crippen LogP contribution < -0.4 is 15.4 Å². The highest BCUT2D eigenvalue weighted by atomic mass is 16.5. The molecule has 140 valence electrons.